The van der Waals surface area contributed by atoms with Gasteiger partial charge in [0.2, 0.25) is 11.8 Å². The normalized spacial score (nSPS) is 12.4. The third-order valence-electron chi connectivity index (χ3n) is 4.45. The lowest BCUT2D eigenvalue weighted by Gasteiger charge is -2.24. The van der Waals surface area contributed by atoms with Crippen LogP contribution in [-0.4, -0.2) is 31.6 Å². The number of ether oxygens (including phenoxy) is 2. The highest BCUT2D eigenvalue weighted by Crippen LogP contribution is 2.34. The molecule has 3 rings (SSSR count). The van der Waals surface area contributed by atoms with Crippen molar-refractivity contribution in [3.8, 4) is 11.5 Å². The summed E-state index contributed by atoms with van der Waals surface area (Å²) in [6.45, 7) is 6.70. The van der Waals surface area contributed by atoms with Gasteiger partial charge in [-0.2, -0.15) is 0 Å². The Morgan fingerprint density at radius 2 is 1.78 bits per heavy atom. The number of benzene rings is 2. The second-order valence-electron chi connectivity index (χ2n) is 6.62. The molecule has 2 aromatic carbocycles. The quantitative estimate of drug-likeness (QED) is 0.878. The largest absolute Gasteiger partial charge is 0.486 e. The van der Waals surface area contributed by atoms with Gasteiger partial charge in [-0.25, -0.2) is 0 Å². The molecule has 0 aromatic heterocycles. The van der Waals surface area contributed by atoms with Crippen LogP contribution < -0.4 is 19.7 Å². The molecule has 0 saturated heterocycles. The SMILES string of the molecule is CC(=O)N(CCC(=O)Nc1cc(C)ccc1C)c1ccc2c(c1)OCCO2. The Kier molecular flexibility index (Phi) is 5.64. The second-order valence-corrected chi connectivity index (χ2v) is 6.62. The Labute approximate surface area is 159 Å². The fourth-order valence-corrected chi connectivity index (χ4v) is 2.96. The zero-order valence-corrected chi connectivity index (χ0v) is 15.9. The van der Waals surface area contributed by atoms with E-state index in [9.17, 15) is 9.59 Å². The smallest absolute Gasteiger partial charge is 0.226 e. The van der Waals surface area contributed by atoms with Gasteiger partial charge < -0.3 is 19.7 Å². The summed E-state index contributed by atoms with van der Waals surface area (Å²) >= 11 is 0. The van der Waals surface area contributed by atoms with Crippen LogP contribution in [0.25, 0.3) is 0 Å². The number of amides is 2. The maximum absolute atomic E-state index is 12.4. The molecule has 1 N–H and O–H groups in total. The Morgan fingerprint density at radius 3 is 2.52 bits per heavy atom. The highest BCUT2D eigenvalue weighted by molar-refractivity contribution is 5.95. The first-order valence-corrected chi connectivity index (χ1v) is 8.99. The van der Waals surface area contributed by atoms with Crippen LogP contribution in [0.1, 0.15) is 24.5 Å². The molecule has 0 fully saturated rings. The van der Waals surface area contributed by atoms with Crippen LogP contribution >= 0.6 is 0 Å². The molecule has 0 aliphatic carbocycles. The molecule has 0 bridgehead atoms. The van der Waals surface area contributed by atoms with Gasteiger partial charge in [0.15, 0.2) is 11.5 Å². The number of aryl methyl sites for hydroxylation is 2. The molecule has 142 valence electrons. The average Bonchev–Trinajstić information content (AvgIpc) is 2.64. The maximum Gasteiger partial charge on any atom is 0.226 e. The third kappa shape index (κ3) is 4.58. The lowest BCUT2D eigenvalue weighted by Crippen LogP contribution is -2.32. The van der Waals surface area contributed by atoms with Gasteiger partial charge in [-0.05, 0) is 43.2 Å². The van der Waals surface area contributed by atoms with Gasteiger partial charge in [-0.15, -0.1) is 0 Å². The Bertz CT molecular complexity index is 863. The molecule has 2 aromatic rings. The molecular formula is C21H24N2O4. The average molecular weight is 368 g/mol. The first-order chi connectivity index (χ1) is 12.9. The van der Waals surface area contributed by atoms with Gasteiger partial charge in [0.05, 0.1) is 0 Å². The first-order valence-electron chi connectivity index (χ1n) is 8.99. The lowest BCUT2D eigenvalue weighted by molar-refractivity contribution is -0.117. The molecule has 6 nitrogen and oxygen atoms in total. The van der Waals surface area contributed by atoms with Crippen molar-refractivity contribution < 1.29 is 19.1 Å². The predicted molar refractivity (Wildman–Crippen MR) is 105 cm³/mol. The van der Waals surface area contributed by atoms with Crippen molar-refractivity contribution in [1.29, 1.82) is 0 Å². The molecule has 2 amide bonds. The standard InChI is InChI=1S/C21H24N2O4/c1-14-4-5-15(2)18(12-14)22-21(25)8-9-23(16(3)24)17-6-7-19-20(13-17)27-11-10-26-19/h4-7,12-13H,8-11H2,1-3H3,(H,22,25). The van der Waals surface area contributed by atoms with E-state index in [0.717, 1.165) is 16.8 Å². The molecular weight excluding hydrogens is 344 g/mol. The zero-order valence-electron chi connectivity index (χ0n) is 15.9. The molecule has 1 aliphatic rings. The van der Waals surface area contributed by atoms with Crippen LogP contribution in [0.4, 0.5) is 11.4 Å². The van der Waals surface area contributed by atoms with Crippen LogP contribution in [0.15, 0.2) is 36.4 Å². The fourth-order valence-electron chi connectivity index (χ4n) is 2.96. The van der Waals surface area contributed by atoms with Crippen molar-refractivity contribution in [2.24, 2.45) is 0 Å². The first kappa shape index (κ1) is 18.8. The minimum absolute atomic E-state index is 0.132. The number of carbonyl (C=O) groups excluding carboxylic acids is 2. The van der Waals surface area contributed by atoms with Gasteiger partial charge in [0.25, 0.3) is 0 Å². The van der Waals surface area contributed by atoms with Crippen molar-refractivity contribution in [3.63, 3.8) is 0 Å². The molecule has 1 heterocycles. The van der Waals surface area contributed by atoms with Crippen molar-refractivity contribution in [2.45, 2.75) is 27.2 Å². The minimum atomic E-state index is -0.133. The Hall–Kier alpha value is -3.02. The highest BCUT2D eigenvalue weighted by Gasteiger charge is 2.18. The fraction of sp³-hybridized carbons (Fsp3) is 0.333. The van der Waals surface area contributed by atoms with Gasteiger partial charge in [-0.3, -0.25) is 9.59 Å². The summed E-state index contributed by atoms with van der Waals surface area (Å²) < 4.78 is 11.1. The number of carbonyl (C=O) groups is 2. The van der Waals surface area contributed by atoms with E-state index in [0.29, 0.717) is 30.4 Å². The molecule has 6 heteroatoms. The highest BCUT2D eigenvalue weighted by atomic mass is 16.6. The Morgan fingerprint density at radius 1 is 1.04 bits per heavy atom. The van der Waals surface area contributed by atoms with Crippen LogP contribution in [0.5, 0.6) is 11.5 Å². The van der Waals surface area contributed by atoms with Crippen molar-refractivity contribution in [2.75, 3.05) is 30.0 Å². The number of anilines is 2. The van der Waals surface area contributed by atoms with E-state index >= 15 is 0 Å². The van der Waals surface area contributed by atoms with Crippen molar-refractivity contribution >= 4 is 23.2 Å². The molecule has 0 atom stereocenters. The lowest BCUT2D eigenvalue weighted by atomic mass is 10.1. The summed E-state index contributed by atoms with van der Waals surface area (Å²) in [5, 5.41) is 2.93. The van der Waals surface area contributed by atoms with Crippen molar-refractivity contribution in [1.82, 2.24) is 0 Å². The second kappa shape index (κ2) is 8.12. The molecule has 0 spiro atoms. The van der Waals surface area contributed by atoms with Crippen LogP contribution in [-0.2, 0) is 9.59 Å². The summed E-state index contributed by atoms with van der Waals surface area (Å²) in [5.74, 6) is 1.02. The summed E-state index contributed by atoms with van der Waals surface area (Å²) in [7, 11) is 0. The van der Waals surface area contributed by atoms with Crippen molar-refractivity contribution in [3.05, 3.63) is 47.5 Å². The number of nitrogens with one attached hydrogen (secondary N) is 1. The van der Waals surface area contributed by atoms with Gasteiger partial charge in [-0.1, -0.05) is 12.1 Å². The van der Waals surface area contributed by atoms with Crippen LogP contribution in [0, 0.1) is 13.8 Å². The van der Waals surface area contributed by atoms with E-state index in [2.05, 4.69) is 5.32 Å². The number of nitrogens with zero attached hydrogens (tertiary/aromatic N) is 1. The number of fused-ring (bicyclic) bond motifs is 1. The summed E-state index contributed by atoms with van der Waals surface area (Å²) in [5.41, 5.74) is 3.57. The Balaban J connectivity index is 1.67. The van der Waals surface area contributed by atoms with Crippen LogP contribution in [0.3, 0.4) is 0 Å². The van der Waals surface area contributed by atoms with E-state index in [-0.39, 0.29) is 24.8 Å². The number of hydrogen-bond acceptors (Lipinski definition) is 4. The van der Waals surface area contributed by atoms with Gasteiger partial charge in [0.1, 0.15) is 13.2 Å². The summed E-state index contributed by atoms with van der Waals surface area (Å²) in [6.07, 6.45) is 0.196. The molecule has 0 unspecified atom stereocenters. The molecule has 0 saturated carbocycles. The predicted octanol–water partition coefficient (Wildman–Crippen LogP) is 3.46. The van der Waals surface area contributed by atoms with E-state index in [1.807, 2.05) is 32.0 Å². The van der Waals surface area contributed by atoms with E-state index < -0.39 is 0 Å². The van der Waals surface area contributed by atoms with Crippen LogP contribution in [0.2, 0.25) is 0 Å². The number of rotatable bonds is 5. The monoisotopic (exact) mass is 368 g/mol. The van der Waals surface area contributed by atoms with E-state index in [4.69, 9.17) is 9.47 Å². The third-order valence-corrected chi connectivity index (χ3v) is 4.45. The summed E-state index contributed by atoms with van der Waals surface area (Å²) in [4.78, 5) is 26.0. The number of hydrogen-bond donors (Lipinski definition) is 1. The van der Waals surface area contributed by atoms with Gasteiger partial charge in [0, 0.05) is 37.3 Å². The van der Waals surface area contributed by atoms with E-state index in [1.165, 1.54) is 6.92 Å². The van der Waals surface area contributed by atoms with Gasteiger partial charge >= 0.3 is 0 Å². The minimum Gasteiger partial charge on any atom is -0.486 e. The topological polar surface area (TPSA) is 67.9 Å². The summed E-state index contributed by atoms with van der Waals surface area (Å²) in [6, 6.07) is 11.3. The molecule has 27 heavy (non-hydrogen) atoms. The molecule has 1 aliphatic heterocycles. The molecule has 0 radical (unpaired) electrons. The maximum atomic E-state index is 12.4. The zero-order chi connectivity index (χ0) is 19.4. The van der Waals surface area contributed by atoms with E-state index in [1.54, 1.807) is 23.1 Å².